The molecule has 0 aliphatic carbocycles. The van der Waals surface area contributed by atoms with Crippen molar-refractivity contribution < 1.29 is 4.39 Å². The van der Waals surface area contributed by atoms with Crippen LogP contribution in [-0.4, -0.2) is 16.3 Å². The van der Waals surface area contributed by atoms with Crippen molar-refractivity contribution in [3.8, 4) is 11.3 Å². The van der Waals surface area contributed by atoms with Gasteiger partial charge in [-0.3, -0.25) is 4.68 Å². The number of benzene rings is 1. The van der Waals surface area contributed by atoms with E-state index in [9.17, 15) is 4.39 Å². The van der Waals surface area contributed by atoms with Gasteiger partial charge in [-0.25, -0.2) is 4.39 Å². The predicted octanol–water partition coefficient (Wildman–Crippen LogP) is 2.65. The lowest BCUT2D eigenvalue weighted by Gasteiger charge is -2.04. The van der Waals surface area contributed by atoms with Crippen LogP contribution >= 0.6 is 0 Å². The summed E-state index contributed by atoms with van der Waals surface area (Å²) < 4.78 is 14.8. The van der Waals surface area contributed by atoms with Gasteiger partial charge < -0.3 is 5.32 Å². The summed E-state index contributed by atoms with van der Waals surface area (Å²) in [5.41, 5.74) is 3.10. The van der Waals surface area contributed by atoms with E-state index in [1.807, 2.05) is 11.7 Å². The summed E-state index contributed by atoms with van der Waals surface area (Å²) in [4.78, 5) is 0. The van der Waals surface area contributed by atoms with Crippen LogP contribution < -0.4 is 5.32 Å². The van der Waals surface area contributed by atoms with Crippen molar-refractivity contribution in [3.63, 3.8) is 0 Å². The van der Waals surface area contributed by atoms with Crippen molar-refractivity contribution in [1.29, 1.82) is 0 Å². The van der Waals surface area contributed by atoms with E-state index in [4.69, 9.17) is 0 Å². The van der Waals surface area contributed by atoms with E-state index in [2.05, 4.69) is 16.5 Å². The van der Waals surface area contributed by atoms with E-state index in [-0.39, 0.29) is 5.82 Å². The van der Waals surface area contributed by atoms with Gasteiger partial charge in [-0.1, -0.05) is 0 Å². The van der Waals surface area contributed by atoms with E-state index in [1.165, 1.54) is 18.6 Å². The van der Waals surface area contributed by atoms with Gasteiger partial charge in [-0.15, -0.1) is 0 Å². The highest BCUT2D eigenvalue weighted by Crippen LogP contribution is 2.26. The van der Waals surface area contributed by atoms with Gasteiger partial charge in [0, 0.05) is 7.05 Å². The zero-order valence-corrected chi connectivity index (χ0v) is 10.4. The van der Waals surface area contributed by atoms with Gasteiger partial charge in [0.15, 0.2) is 0 Å². The molecule has 94 valence electrons. The third-order valence-electron chi connectivity index (χ3n) is 3.46. The maximum atomic E-state index is 12.9. The van der Waals surface area contributed by atoms with Crippen LogP contribution in [0.15, 0.2) is 30.3 Å². The molecule has 0 spiro atoms. The number of halogens is 1. The fourth-order valence-corrected chi connectivity index (χ4v) is 2.49. The molecule has 2 aromatic rings. The number of nitrogens with one attached hydrogen (secondary N) is 1. The molecule has 0 bridgehead atoms. The summed E-state index contributed by atoms with van der Waals surface area (Å²) in [7, 11) is 1.93. The quantitative estimate of drug-likeness (QED) is 0.881. The molecule has 3 rings (SSSR count). The van der Waals surface area contributed by atoms with Gasteiger partial charge in [-0.05, 0) is 55.3 Å². The van der Waals surface area contributed by atoms with E-state index in [0.717, 1.165) is 29.9 Å². The van der Waals surface area contributed by atoms with Crippen molar-refractivity contribution in [2.45, 2.75) is 18.9 Å². The Kier molecular flexibility index (Phi) is 2.88. The fraction of sp³-hybridized carbons (Fsp3) is 0.357. The Hall–Kier alpha value is -1.68. The van der Waals surface area contributed by atoms with Crippen molar-refractivity contribution in [3.05, 3.63) is 41.8 Å². The molecule has 18 heavy (non-hydrogen) atoms. The number of hydrogen-bond acceptors (Lipinski definition) is 2. The molecule has 1 aliphatic heterocycles. The molecule has 1 fully saturated rings. The molecule has 0 saturated carbocycles. The highest BCUT2D eigenvalue weighted by atomic mass is 19.1. The number of hydrogen-bond donors (Lipinski definition) is 1. The Bertz CT molecular complexity index is 539. The van der Waals surface area contributed by atoms with Crippen molar-refractivity contribution in [2.75, 3.05) is 6.54 Å². The first-order valence-electron chi connectivity index (χ1n) is 6.27. The highest BCUT2D eigenvalue weighted by Gasteiger charge is 2.20. The van der Waals surface area contributed by atoms with Crippen LogP contribution in [0, 0.1) is 5.82 Å². The molecule has 1 atom stereocenters. The Balaban J connectivity index is 1.94. The van der Waals surface area contributed by atoms with Gasteiger partial charge >= 0.3 is 0 Å². The number of aromatic nitrogens is 2. The van der Waals surface area contributed by atoms with Crippen LogP contribution in [-0.2, 0) is 7.05 Å². The minimum atomic E-state index is -0.210. The van der Waals surface area contributed by atoms with Crippen LogP contribution in [0.3, 0.4) is 0 Å². The van der Waals surface area contributed by atoms with E-state index >= 15 is 0 Å². The Morgan fingerprint density at radius 3 is 2.78 bits per heavy atom. The van der Waals surface area contributed by atoms with Crippen molar-refractivity contribution >= 4 is 0 Å². The second-order valence-electron chi connectivity index (χ2n) is 4.73. The second kappa shape index (κ2) is 4.53. The molecular formula is C14H16FN3. The molecule has 3 nitrogen and oxygen atoms in total. The van der Waals surface area contributed by atoms with Crippen LogP contribution in [0.2, 0.25) is 0 Å². The normalized spacial score (nSPS) is 19.3. The molecule has 1 N–H and O–H groups in total. The first kappa shape index (κ1) is 11.4. The predicted molar refractivity (Wildman–Crippen MR) is 68.6 cm³/mol. The molecule has 4 heteroatoms. The maximum Gasteiger partial charge on any atom is 0.123 e. The summed E-state index contributed by atoms with van der Waals surface area (Å²) in [6.07, 6.45) is 2.34. The lowest BCUT2D eigenvalue weighted by atomic mass is 10.1. The van der Waals surface area contributed by atoms with Gasteiger partial charge in [0.1, 0.15) is 5.82 Å². The SMILES string of the molecule is Cn1nc(C2CCCN2)cc1-c1ccc(F)cc1. The van der Waals surface area contributed by atoms with Gasteiger partial charge in [-0.2, -0.15) is 5.10 Å². The smallest absolute Gasteiger partial charge is 0.123 e. The lowest BCUT2D eigenvalue weighted by Crippen LogP contribution is -2.13. The first-order valence-corrected chi connectivity index (χ1v) is 6.27. The molecule has 2 heterocycles. The largest absolute Gasteiger partial charge is 0.309 e. The summed E-state index contributed by atoms with van der Waals surface area (Å²) in [5.74, 6) is -0.210. The van der Waals surface area contributed by atoms with Crippen molar-refractivity contribution in [2.24, 2.45) is 7.05 Å². The topological polar surface area (TPSA) is 29.9 Å². The third-order valence-corrected chi connectivity index (χ3v) is 3.46. The molecule has 1 unspecified atom stereocenters. The van der Waals surface area contributed by atoms with Crippen LogP contribution in [0.4, 0.5) is 4.39 Å². The van der Waals surface area contributed by atoms with Crippen LogP contribution in [0.25, 0.3) is 11.3 Å². The average Bonchev–Trinajstić information content (AvgIpc) is 2.99. The average molecular weight is 245 g/mol. The monoisotopic (exact) mass is 245 g/mol. The summed E-state index contributed by atoms with van der Waals surface area (Å²) >= 11 is 0. The minimum Gasteiger partial charge on any atom is -0.309 e. The number of aryl methyl sites for hydroxylation is 1. The number of rotatable bonds is 2. The van der Waals surface area contributed by atoms with E-state index in [1.54, 1.807) is 12.1 Å². The Morgan fingerprint density at radius 2 is 2.11 bits per heavy atom. The van der Waals surface area contributed by atoms with Crippen molar-refractivity contribution in [1.82, 2.24) is 15.1 Å². The zero-order chi connectivity index (χ0) is 12.5. The van der Waals surface area contributed by atoms with Gasteiger partial charge in [0.2, 0.25) is 0 Å². The minimum absolute atomic E-state index is 0.210. The van der Waals surface area contributed by atoms with Gasteiger partial charge in [0.25, 0.3) is 0 Å². The lowest BCUT2D eigenvalue weighted by molar-refractivity contribution is 0.607. The van der Waals surface area contributed by atoms with E-state index in [0.29, 0.717) is 6.04 Å². The molecule has 0 radical (unpaired) electrons. The van der Waals surface area contributed by atoms with Gasteiger partial charge in [0.05, 0.1) is 17.4 Å². The third kappa shape index (κ3) is 2.04. The summed E-state index contributed by atoms with van der Waals surface area (Å²) in [6, 6.07) is 9.00. The number of nitrogens with zero attached hydrogens (tertiary/aromatic N) is 2. The molecule has 1 aromatic carbocycles. The first-order chi connectivity index (χ1) is 8.74. The molecule has 1 aromatic heterocycles. The second-order valence-corrected chi connectivity index (χ2v) is 4.73. The molecule has 0 amide bonds. The van der Waals surface area contributed by atoms with Crippen LogP contribution in [0.1, 0.15) is 24.6 Å². The fourth-order valence-electron chi connectivity index (χ4n) is 2.49. The van der Waals surface area contributed by atoms with Crippen LogP contribution in [0.5, 0.6) is 0 Å². The Labute approximate surface area is 106 Å². The molecular weight excluding hydrogens is 229 g/mol. The highest BCUT2D eigenvalue weighted by molar-refractivity contribution is 5.60. The summed E-state index contributed by atoms with van der Waals surface area (Å²) in [5, 5.41) is 7.99. The molecule has 1 saturated heterocycles. The maximum absolute atomic E-state index is 12.9. The summed E-state index contributed by atoms with van der Waals surface area (Å²) in [6.45, 7) is 1.06. The Morgan fingerprint density at radius 1 is 1.33 bits per heavy atom. The molecule has 1 aliphatic rings. The zero-order valence-electron chi connectivity index (χ0n) is 10.4. The standard InChI is InChI=1S/C14H16FN3/c1-18-14(10-4-6-11(15)7-5-10)9-13(17-18)12-3-2-8-16-12/h4-7,9,12,16H,2-3,8H2,1H3. The van der Waals surface area contributed by atoms with E-state index < -0.39 is 0 Å².